The number of nitrogens with one attached hydrogen (secondary N) is 1. The second-order valence-corrected chi connectivity index (χ2v) is 7.28. The van der Waals surface area contributed by atoms with Crippen molar-refractivity contribution in [1.29, 1.82) is 0 Å². The van der Waals surface area contributed by atoms with E-state index in [2.05, 4.69) is 5.32 Å². The molecule has 1 aliphatic heterocycles. The van der Waals surface area contributed by atoms with Crippen molar-refractivity contribution in [3.8, 4) is 0 Å². The minimum absolute atomic E-state index is 0.120. The molecular weight excluding hydrogens is 278 g/mol. The first-order chi connectivity index (χ1) is 10.2. The van der Waals surface area contributed by atoms with E-state index in [9.17, 15) is 9.59 Å². The number of hydrogen-bond acceptors (Lipinski definition) is 3. The van der Waals surface area contributed by atoms with Crippen molar-refractivity contribution in [1.82, 2.24) is 5.32 Å². The highest BCUT2D eigenvalue weighted by molar-refractivity contribution is 5.96. The smallest absolute Gasteiger partial charge is 0.313 e. The summed E-state index contributed by atoms with van der Waals surface area (Å²) in [4.78, 5) is 25.2. The Balaban J connectivity index is 1.85. The zero-order valence-electron chi connectivity index (χ0n) is 13.6. The van der Waals surface area contributed by atoms with Gasteiger partial charge in [0.15, 0.2) is 5.60 Å². The number of carbonyl (C=O) groups excluding carboxylic acids is 2. The largest absolute Gasteiger partial charge is 0.448 e. The van der Waals surface area contributed by atoms with Crippen molar-refractivity contribution in [2.75, 3.05) is 0 Å². The van der Waals surface area contributed by atoms with E-state index in [0.29, 0.717) is 12.8 Å². The van der Waals surface area contributed by atoms with Crippen LogP contribution in [0.15, 0.2) is 30.3 Å². The van der Waals surface area contributed by atoms with E-state index in [1.165, 1.54) is 0 Å². The maximum absolute atomic E-state index is 12.9. The van der Waals surface area contributed by atoms with Gasteiger partial charge in [0.25, 0.3) is 5.91 Å². The Morgan fingerprint density at radius 1 is 1.18 bits per heavy atom. The van der Waals surface area contributed by atoms with Crippen LogP contribution in [0, 0.1) is 10.8 Å². The van der Waals surface area contributed by atoms with Gasteiger partial charge in [-0.15, -0.1) is 0 Å². The van der Waals surface area contributed by atoms with Crippen LogP contribution in [-0.4, -0.2) is 17.5 Å². The monoisotopic (exact) mass is 301 g/mol. The fourth-order valence-electron chi connectivity index (χ4n) is 3.89. The molecule has 1 heterocycles. The molecule has 0 aromatic heterocycles. The Kier molecular flexibility index (Phi) is 3.13. The third kappa shape index (κ3) is 1.70. The van der Waals surface area contributed by atoms with Gasteiger partial charge >= 0.3 is 5.97 Å². The molecule has 1 aromatic carbocycles. The van der Waals surface area contributed by atoms with Crippen LogP contribution in [0.3, 0.4) is 0 Å². The number of carbonyl (C=O) groups is 2. The summed E-state index contributed by atoms with van der Waals surface area (Å²) in [5, 5.41) is 3.03. The maximum Gasteiger partial charge on any atom is 0.313 e. The highest BCUT2D eigenvalue weighted by Crippen LogP contribution is 2.65. The summed E-state index contributed by atoms with van der Waals surface area (Å²) in [6.07, 6.45) is 1.29. The van der Waals surface area contributed by atoms with Gasteiger partial charge in [-0.1, -0.05) is 44.2 Å². The van der Waals surface area contributed by atoms with Crippen LogP contribution in [0.25, 0.3) is 0 Å². The van der Waals surface area contributed by atoms with Crippen LogP contribution >= 0.6 is 0 Å². The van der Waals surface area contributed by atoms with Crippen molar-refractivity contribution >= 4 is 11.9 Å². The molecule has 4 heteroatoms. The molecule has 0 radical (unpaired) electrons. The first kappa shape index (κ1) is 15.1. The van der Waals surface area contributed by atoms with Gasteiger partial charge in [0.2, 0.25) is 0 Å². The second-order valence-electron chi connectivity index (χ2n) is 7.28. The molecule has 1 amide bonds. The molecule has 3 rings (SSSR count). The molecule has 1 N–H and O–H groups in total. The lowest BCUT2D eigenvalue weighted by Gasteiger charge is -2.36. The second kappa shape index (κ2) is 4.58. The Labute approximate surface area is 131 Å². The minimum Gasteiger partial charge on any atom is -0.448 e. The fraction of sp³-hybridized carbons (Fsp3) is 0.556. The Hall–Kier alpha value is -1.84. The molecule has 2 aliphatic rings. The summed E-state index contributed by atoms with van der Waals surface area (Å²) in [5.41, 5.74) is -1.07. The summed E-state index contributed by atoms with van der Waals surface area (Å²) in [6, 6.07) is 9.68. The molecule has 3 unspecified atom stereocenters. The molecule has 1 saturated carbocycles. The van der Waals surface area contributed by atoms with Crippen LogP contribution in [-0.2, 0) is 14.3 Å². The van der Waals surface area contributed by atoms with E-state index in [0.717, 1.165) is 5.56 Å². The van der Waals surface area contributed by atoms with Crippen molar-refractivity contribution in [3.63, 3.8) is 0 Å². The number of hydrogen-bond donors (Lipinski definition) is 1. The Morgan fingerprint density at radius 2 is 1.82 bits per heavy atom. The lowest BCUT2D eigenvalue weighted by atomic mass is 9.66. The molecule has 2 fully saturated rings. The third-order valence-corrected chi connectivity index (χ3v) is 6.10. The van der Waals surface area contributed by atoms with Crippen LogP contribution < -0.4 is 5.32 Å². The normalized spacial score (nSPS) is 33.4. The molecule has 2 bridgehead atoms. The van der Waals surface area contributed by atoms with Crippen LogP contribution in [0.5, 0.6) is 0 Å². The average Bonchev–Trinajstić information content (AvgIpc) is 2.78. The SMILES string of the molecule is CC(NC(=O)C12CCC(C)(C(=O)O1)C2(C)C)c1ccccc1. The number of benzene rings is 1. The molecule has 4 nitrogen and oxygen atoms in total. The van der Waals surface area contributed by atoms with Crippen molar-refractivity contribution in [2.24, 2.45) is 10.8 Å². The van der Waals surface area contributed by atoms with E-state index in [-0.39, 0.29) is 17.9 Å². The molecule has 1 aromatic rings. The number of ether oxygens (including phenoxy) is 1. The lowest BCUT2D eigenvalue weighted by Crippen LogP contribution is -2.53. The molecule has 3 atom stereocenters. The van der Waals surface area contributed by atoms with Crippen LogP contribution in [0.2, 0.25) is 0 Å². The summed E-state index contributed by atoms with van der Waals surface area (Å²) >= 11 is 0. The summed E-state index contributed by atoms with van der Waals surface area (Å²) in [5.74, 6) is -0.422. The number of rotatable bonds is 3. The Bertz CT molecular complexity index is 624. The van der Waals surface area contributed by atoms with E-state index < -0.39 is 16.4 Å². The van der Waals surface area contributed by atoms with E-state index in [1.54, 1.807) is 0 Å². The lowest BCUT2D eigenvalue weighted by molar-refractivity contribution is -0.168. The maximum atomic E-state index is 12.9. The van der Waals surface area contributed by atoms with Gasteiger partial charge in [0, 0.05) is 5.41 Å². The number of esters is 1. The predicted molar refractivity (Wildman–Crippen MR) is 82.9 cm³/mol. The van der Waals surface area contributed by atoms with E-state index >= 15 is 0 Å². The van der Waals surface area contributed by atoms with Crippen LogP contribution in [0.4, 0.5) is 0 Å². The third-order valence-electron chi connectivity index (χ3n) is 6.10. The van der Waals surface area contributed by atoms with Gasteiger partial charge in [-0.25, -0.2) is 0 Å². The first-order valence-corrected chi connectivity index (χ1v) is 7.84. The van der Waals surface area contributed by atoms with Crippen molar-refractivity contribution in [3.05, 3.63) is 35.9 Å². The highest BCUT2D eigenvalue weighted by Gasteiger charge is 2.75. The predicted octanol–water partition coefficient (Wildman–Crippen LogP) is 2.99. The molecule has 118 valence electrons. The first-order valence-electron chi connectivity index (χ1n) is 7.84. The van der Waals surface area contributed by atoms with E-state index in [1.807, 2.05) is 58.0 Å². The number of fused-ring (bicyclic) bond motifs is 2. The molecular formula is C18H23NO3. The number of amides is 1. The molecule has 22 heavy (non-hydrogen) atoms. The quantitative estimate of drug-likeness (QED) is 0.873. The zero-order chi connectivity index (χ0) is 16.2. The zero-order valence-corrected chi connectivity index (χ0v) is 13.6. The minimum atomic E-state index is -1.04. The Morgan fingerprint density at radius 3 is 2.32 bits per heavy atom. The summed E-state index contributed by atoms with van der Waals surface area (Å²) < 4.78 is 5.61. The van der Waals surface area contributed by atoms with Crippen LogP contribution in [0.1, 0.15) is 52.1 Å². The molecule has 1 aliphatic carbocycles. The highest BCUT2D eigenvalue weighted by atomic mass is 16.6. The standard InChI is InChI=1S/C18H23NO3/c1-12(13-8-6-5-7-9-13)19-14(20)18-11-10-17(4,15(21)22-18)16(18,2)3/h5-9,12H,10-11H2,1-4H3,(H,19,20). The fourth-order valence-corrected chi connectivity index (χ4v) is 3.89. The van der Waals surface area contributed by atoms with Gasteiger partial charge in [0.05, 0.1) is 11.5 Å². The molecule has 0 spiro atoms. The molecule has 1 saturated heterocycles. The average molecular weight is 301 g/mol. The van der Waals surface area contributed by atoms with Gasteiger partial charge in [-0.2, -0.15) is 0 Å². The topological polar surface area (TPSA) is 55.4 Å². The summed E-state index contributed by atoms with van der Waals surface area (Å²) in [6.45, 7) is 7.80. The van der Waals surface area contributed by atoms with Crippen molar-refractivity contribution in [2.45, 2.75) is 52.2 Å². The van der Waals surface area contributed by atoms with Gasteiger partial charge in [0.1, 0.15) is 0 Å². The van der Waals surface area contributed by atoms with Gasteiger partial charge in [-0.3, -0.25) is 9.59 Å². The van der Waals surface area contributed by atoms with Crippen molar-refractivity contribution < 1.29 is 14.3 Å². The van der Waals surface area contributed by atoms with E-state index in [4.69, 9.17) is 4.74 Å². The summed E-state index contributed by atoms with van der Waals surface area (Å²) in [7, 11) is 0. The van der Waals surface area contributed by atoms with Gasteiger partial charge < -0.3 is 10.1 Å². The van der Waals surface area contributed by atoms with Gasteiger partial charge in [-0.05, 0) is 32.3 Å².